The Labute approximate surface area is 126 Å². The highest BCUT2D eigenvalue weighted by molar-refractivity contribution is 5.82. The average Bonchev–Trinajstić information content (AvgIpc) is 2.96. The Balaban J connectivity index is 2.00. The molecule has 0 unspecified atom stereocenters. The van der Waals surface area contributed by atoms with Gasteiger partial charge in [0.25, 0.3) is 0 Å². The zero-order chi connectivity index (χ0) is 15.4. The van der Waals surface area contributed by atoms with Crippen LogP contribution in [0.1, 0.15) is 45.1 Å². The summed E-state index contributed by atoms with van der Waals surface area (Å²) in [5.41, 5.74) is 6.04. The molecule has 118 valence electrons. The largest absolute Gasteiger partial charge is 0.465 e. The molecular formula is C16H27N3O2. The Hall–Kier alpha value is -1.33. The lowest BCUT2D eigenvalue weighted by Gasteiger charge is -2.23. The molecule has 0 aromatic carbocycles. The lowest BCUT2D eigenvalue weighted by atomic mass is 10.1. The summed E-state index contributed by atoms with van der Waals surface area (Å²) in [6.07, 6.45) is 2.73. The van der Waals surface area contributed by atoms with Crippen molar-refractivity contribution in [3.05, 3.63) is 23.7 Å². The molecule has 0 aliphatic carbocycles. The molecule has 1 aromatic heterocycles. The van der Waals surface area contributed by atoms with E-state index >= 15 is 0 Å². The lowest BCUT2D eigenvalue weighted by molar-refractivity contribution is -0.126. The number of rotatable bonds is 6. The minimum Gasteiger partial charge on any atom is -0.465 e. The van der Waals surface area contributed by atoms with Gasteiger partial charge in [-0.15, -0.1) is 0 Å². The molecule has 2 atom stereocenters. The summed E-state index contributed by atoms with van der Waals surface area (Å²) < 4.78 is 5.82. The summed E-state index contributed by atoms with van der Waals surface area (Å²) in [5.74, 6) is 1.99. The fourth-order valence-electron chi connectivity index (χ4n) is 2.86. The number of nitrogens with two attached hydrogens (primary N) is 1. The van der Waals surface area contributed by atoms with Crippen molar-refractivity contribution in [3.63, 3.8) is 0 Å². The Morgan fingerprint density at radius 2 is 2.19 bits per heavy atom. The first-order valence-electron chi connectivity index (χ1n) is 7.87. The van der Waals surface area contributed by atoms with E-state index < -0.39 is 0 Å². The van der Waals surface area contributed by atoms with Crippen LogP contribution in [0.3, 0.4) is 0 Å². The second-order valence-corrected chi connectivity index (χ2v) is 6.22. The lowest BCUT2D eigenvalue weighted by Crippen LogP contribution is -2.45. The third-order valence-corrected chi connectivity index (χ3v) is 3.74. The molecule has 0 saturated carbocycles. The molecule has 0 radical (unpaired) electrons. The van der Waals surface area contributed by atoms with Gasteiger partial charge in [0.15, 0.2) is 0 Å². The maximum Gasteiger partial charge on any atom is 0.237 e. The predicted octanol–water partition coefficient (Wildman–Crippen LogP) is 1.66. The van der Waals surface area contributed by atoms with Crippen LogP contribution in [0.25, 0.3) is 0 Å². The smallest absolute Gasteiger partial charge is 0.237 e. The molecule has 5 nitrogen and oxygen atoms in total. The first-order chi connectivity index (χ1) is 9.99. The van der Waals surface area contributed by atoms with Gasteiger partial charge >= 0.3 is 0 Å². The van der Waals surface area contributed by atoms with Crippen molar-refractivity contribution in [1.29, 1.82) is 0 Å². The van der Waals surface area contributed by atoms with Crippen molar-refractivity contribution in [2.24, 2.45) is 5.73 Å². The molecule has 2 heterocycles. The monoisotopic (exact) mass is 293 g/mol. The van der Waals surface area contributed by atoms with Gasteiger partial charge < -0.3 is 15.5 Å². The molecule has 5 heteroatoms. The molecule has 3 N–H and O–H groups in total. The first kappa shape index (κ1) is 16.0. The Bertz CT molecular complexity index is 470. The standard InChI is InChI=1S/C16H27N3O2/c1-4-5-13-6-7-14(21-13)10-19-9-12(17)8-15(19)16(20)18-11(2)3/h6-7,11-12,15H,4-5,8-10,17H2,1-3H3,(H,18,20)/t12-,15+/m1/s1. The molecular weight excluding hydrogens is 266 g/mol. The number of carbonyl (C=O) groups is 1. The second-order valence-electron chi connectivity index (χ2n) is 6.22. The van der Waals surface area contributed by atoms with E-state index in [-0.39, 0.29) is 24.0 Å². The second kappa shape index (κ2) is 7.09. The van der Waals surface area contributed by atoms with E-state index in [9.17, 15) is 4.79 Å². The van der Waals surface area contributed by atoms with Crippen LogP contribution in [0.4, 0.5) is 0 Å². The summed E-state index contributed by atoms with van der Waals surface area (Å²) in [4.78, 5) is 14.4. The van der Waals surface area contributed by atoms with Crippen molar-refractivity contribution < 1.29 is 9.21 Å². The zero-order valence-corrected chi connectivity index (χ0v) is 13.3. The van der Waals surface area contributed by atoms with Gasteiger partial charge in [-0.3, -0.25) is 9.69 Å². The van der Waals surface area contributed by atoms with Gasteiger partial charge in [0.1, 0.15) is 11.5 Å². The minimum absolute atomic E-state index is 0.0537. The van der Waals surface area contributed by atoms with E-state index in [0.29, 0.717) is 13.0 Å². The highest BCUT2D eigenvalue weighted by Crippen LogP contribution is 2.21. The van der Waals surface area contributed by atoms with Crippen LogP contribution in [0.15, 0.2) is 16.5 Å². The summed E-state index contributed by atoms with van der Waals surface area (Å²) in [5, 5.41) is 2.98. The molecule has 21 heavy (non-hydrogen) atoms. The maximum absolute atomic E-state index is 12.3. The normalized spacial score (nSPS) is 22.9. The van der Waals surface area contributed by atoms with Crippen LogP contribution in [-0.2, 0) is 17.8 Å². The topological polar surface area (TPSA) is 71.5 Å². The minimum atomic E-state index is -0.151. The van der Waals surface area contributed by atoms with Crippen LogP contribution in [0.5, 0.6) is 0 Å². The van der Waals surface area contributed by atoms with Gasteiger partial charge in [0, 0.05) is 25.0 Å². The maximum atomic E-state index is 12.3. The number of amides is 1. The van der Waals surface area contributed by atoms with Crippen molar-refractivity contribution in [2.45, 2.75) is 64.7 Å². The van der Waals surface area contributed by atoms with Gasteiger partial charge in [0.05, 0.1) is 12.6 Å². The van der Waals surface area contributed by atoms with Gasteiger partial charge in [-0.05, 0) is 38.8 Å². The molecule has 1 aliphatic heterocycles. The van der Waals surface area contributed by atoms with Crippen LogP contribution in [0.2, 0.25) is 0 Å². The number of furan rings is 1. The molecule has 0 spiro atoms. The Morgan fingerprint density at radius 1 is 1.48 bits per heavy atom. The van der Waals surface area contributed by atoms with Gasteiger partial charge in [-0.1, -0.05) is 6.92 Å². The first-order valence-corrected chi connectivity index (χ1v) is 7.87. The fraction of sp³-hybridized carbons (Fsp3) is 0.688. The number of nitrogens with zero attached hydrogens (tertiary/aromatic N) is 1. The van der Waals surface area contributed by atoms with Crippen molar-refractivity contribution in [1.82, 2.24) is 10.2 Å². The number of hydrogen-bond acceptors (Lipinski definition) is 4. The van der Waals surface area contributed by atoms with Crippen molar-refractivity contribution in [3.8, 4) is 0 Å². The van der Waals surface area contributed by atoms with E-state index in [1.807, 2.05) is 26.0 Å². The van der Waals surface area contributed by atoms with Crippen LogP contribution >= 0.6 is 0 Å². The van der Waals surface area contributed by atoms with E-state index in [2.05, 4.69) is 17.1 Å². The van der Waals surface area contributed by atoms with Crippen molar-refractivity contribution >= 4 is 5.91 Å². The molecule has 0 bridgehead atoms. The highest BCUT2D eigenvalue weighted by atomic mass is 16.3. The van der Waals surface area contributed by atoms with E-state index in [4.69, 9.17) is 10.2 Å². The summed E-state index contributed by atoms with van der Waals surface area (Å²) in [6, 6.07) is 4.08. The number of likely N-dealkylation sites (tertiary alicyclic amines) is 1. The molecule has 1 aromatic rings. The molecule has 1 aliphatic rings. The van der Waals surface area contributed by atoms with Crippen molar-refractivity contribution in [2.75, 3.05) is 6.54 Å². The van der Waals surface area contributed by atoms with Crippen LogP contribution in [0, 0.1) is 0 Å². The number of carbonyl (C=O) groups excluding carboxylic acids is 1. The SMILES string of the molecule is CCCc1ccc(CN2C[C@H](N)C[C@H]2C(=O)NC(C)C)o1. The third-order valence-electron chi connectivity index (χ3n) is 3.74. The Morgan fingerprint density at radius 3 is 2.86 bits per heavy atom. The third kappa shape index (κ3) is 4.32. The number of hydrogen-bond donors (Lipinski definition) is 2. The fourth-order valence-corrected chi connectivity index (χ4v) is 2.86. The Kier molecular flexibility index (Phi) is 5.42. The van der Waals surface area contributed by atoms with Crippen LogP contribution < -0.4 is 11.1 Å². The molecule has 1 saturated heterocycles. The number of aryl methyl sites for hydroxylation is 1. The summed E-state index contributed by atoms with van der Waals surface area (Å²) >= 11 is 0. The highest BCUT2D eigenvalue weighted by Gasteiger charge is 2.35. The predicted molar refractivity (Wildman–Crippen MR) is 82.8 cm³/mol. The summed E-state index contributed by atoms with van der Waals surface area (Å²) in [7, 11) is 0. The molecule has 2 rings (SSSR count). The quantitative estimate of drug-likeness (QED) is 0.837. The van der Waals surface area contributed by atoms with Gasteiger partial charge in [-0.25, -0.2) is 0 Å². The van der Waals surface area contributed by atoms with Gasteiger partial charge in [0.2, 0.25) is 5.91 Å². The van der Waals surface area contributed by atoms with E-state index in [1.165, 1.54) is 0 Å². The molecule has 1 fully saturated rings. The number of nitrogens with one attached hydrogen (secondary N) is 1. The van der Waals surface area contributed by atoms with E-state index in [1.54, 1.807) is 0 Å². The average molecular weight is 293 g/mol. The van der Waals surface area contributed by atoms with Gasteiger partial charge in [-0.2, -0.15) is 0 Å². The summed E-state index contributed by atoms with van der Waals surface area (Å²) in [6.45, 7) is 7.46. The van der Waals surface area contributed by atoms with Crippen LogP contribution in [-0.4, -0.2) is 35.5 Å². The zero-order valence-electron chi connectivity index (χ0n) is 13.3. The van der Waals surface area contributed by atoms with E-state index in [0.717, 1.165) is 30.9 Å². The molecule has 1 amide bonds.